The molecule has 0 aromatic carbocycles. The van der Waals surface area contributed by atoms with Crippen LogP contribution in [0.4, 0.5) is 0 Å². The van der Waals surface area contributed by atoms with E-state index >= 15 is 0 Å². The van der Waals surface area contributed by atoms with E-state index in [2.05, 4.69) is 10.3 Å². The van der Waals surface area contributed by atoms with Crippen molar-refractivity contribution in [1.29, 1.82) is 0 Å². The van der Waals surface area contributed by atoms with Crippen molar-refractivity contribution in [3.63, 3.8) is 0 Å². The van der Waals surface area contributed by atoms with Gasteiger partial charge in [0.25, 0.3) is 0 Å². The quantitative estimate of drug-likeness (QED) is 0.805. The highest BCUT2D eigenvalue weighted by atomic mass is 32.1. The van der Waals surface area contributed by atoms with Crippen LogP contribution >= 0.6 is 11.3 Å². The highest BCUT2D eigenvalue weighted by molar-refractivity contribution is 7.09. The van der Waals surface area contributed by atoms with Crippen molar-refractivity contribution in [2.24, 2.45) is 0 Å². The monoisotopic (exact) mass is 278 g/mol. The van der Waals surface area contributed by atoms with Gasteiger partial charge in [0.05, 0.1) is 18.4 Å². The van der Waals surface area contributed by atoms with Gasteiger partial charge in [0, 0.05) is 17.1 Å². The average Bonchev–Trinajstić information content (AvgIpc) is 2.89. The Labute approximate surface area is 115 Å². The molecule has 2 aromatic rings. The summed E-state index contributed by atoms with van der Waals surface area (Å²) in [6.45, 7) is 3.43. The molecular weight excluding hydrogens is 260 g/mol. The van der Waals surface area contributed by atoms with E-state index in [1.165, 1.54) is 41.2 Å². The molecule has 0 fully saturated rings. The lowest BCUT2D eigenvalue weighted by molar-refractivity contribution is 0.572. The lowest BCUT2D eigenvalue weighted by Crippen LogP contribution is -2.19. The molecule has 0 atom stereocenters. The zero-order chi connectivity index (χ0) is 13.2. The predicted molar refractivity (Wildman–Crippen MR) is 74.6 cm³/mol. The molecule has 0 N–H and O–H groups in total. The first-order valence-electron chi connectivity index (χ1n) is 6.88. The normalized spacial score (nSPS) is 15.2. The van der Waals surface area contributed by atoms with Crippen LogP contribution < -0.4 is 4.87 Å². The highest BCUT2D eigenvalue weighted by Gasteiger charge is 2.18. The van der Waals surface area contributed by atoms with Gasteiger partial charge in [0.2, 0.25) is 0 Å². The maximum Gasteiger partial charge on any atom is 0.307 e. The molecule has 0 aliphatic heterocycles. The fourth-order valence-electron chi connectivity index (χ4n) is 2.69. The summed E-state index contributed by atoms with van der Waals surface area (Å²) in [6.07, 6.45) is 7.52. The maximum atomic E-state index is 12.2. The zero-order valence-corrected chi connectivity index (χ0v) is 11.9. The third-order valence-electron chi connectivity index (χ3n) is 3.71. The van der Waals surface area contributed by atoms with Gasteiger partial charge in [-0.2, -0.15) is 0 Å². The fourth-order valence-corrected chi connectivity index (χ4v) is 3.77. The van der Waals surface area contributed by atoms with E-state index in [9.17, 15) is 4.79 Å². The zero-order valence-electron chi connectivity index (χ0n) is 11.1. The van der Waals surface area contributed by atoms with E-state index < -0.39 is 0 Å². The number of thiazole rings is 1. The molecule has 3 rings (SSSR count). The Balaban J connectivity index is 1.97. The minimum absolute atomic E-state index is 0.163. The minimum atomic E-state index is 0.163. The standard InChI is InChI=1S/C13H18N4OS/c1-2-17-10(8-14-15-17)9-16-11-6-4-3-5-7-12(11)19-13(16)18/h8H,2-7,9H2,1H3. The van der Waals surface area contributed by atoms with Crippen molar-refractivity contribution < 1.29 is 0 Å². The van der Waals surface area contributed by atoms with E-state index in [0.717, 1.165) is 25.1 Å². The second-order valence-electron chi connectivity index (χ2n) is 4.93. The molecule has 0 amide bonds. The van der Waals surface area contributed by atoms with Gasteiger partial charge in [-0.25, -0.2) is 4.68 Å². The molecule has 2 aromatic heterocycles. The van der Waals surface area contributed by atoms with Crippen LogP contribution in [-0.2, 0) is 25.9 Å². The lowest BCUT2D eigenvalue weighted by Gasteiger charge is -2.08. The summed E-state index contributed by atoms with van der Waals surface area (Å²) >= 11 is 1.42. The number of nitrogens with zero attached hydrogens (tertiary/aromatic N) is 4. The number of hydrogen-bond acceptors (Lipinski definition) is 4. The first-order valence-corrected chi connectivity index (χ1v) is 7.70. The fraction of sp³-hybridized carbons (Fsp3) is 0.615. The van der Waals surface area contributed by atoms with Crippen molar-refractivity contribution in [2.45, 2.75) is 52.1 Å². The van der Waals surface area contributed by atoms with Gasteiger partial charge in [-0.05, 0) is 32.6 Å². The van der Waals surface area contributed by atoms with E-state index in [4.69, 9.17) is 0 Å². The van der Waals surface area contributed by atoms with Crippen LogP contribution in [0.25, 0.3) is 0 Å². The van der Waals surface area contributed by atoms with E-state index in [1.807, 2.05) is 16.2 Å². The molecule has 1 aliphatic rings. The first kappa shape index (κ1) is 12.6. The van der Waals surface area contributed by atoms with Crippen LogP contribution in [0.1, 0.15) is 42.5 Å². The molecular formula is C13H18N4OS. The number of aryl methyl sites for hydroxylation is 2. The minimum Gasteiger partial charge on any atom is -0.297 e. The first-order chi connectivity index (χ1) is 9.29. The van der Waals surface area contributed by atoms with Crippen molar-refractivity contribution in [2.75, 3.05) is 0 Å². The molecule has 19 heavy (non-hydrogen) atoms. The predicted octanol–water partition coefficient (Wildman–Crippen LogP) is 1.84. The second-order valence-corrected chi connectivity index (χ2v) is 5.97. The topological polar surface area (TPSA) is 52.7 Å². The van der Waals surface area contributed by atoms with Gasteiger partial charge in [0.15, 0.2) is 0 Å². The summed E-state index contributed by atoms with van der Waals surface area (Å²) in [5, 5.41) is 7.96. The number of rotatable bonds is 3. The van der Waals surface area contributed by atoms with Gasteiger partial charge < -0.3 is 0 Å². The molecule has 0 radical (unpaired) electrons. The maximum absolute atomic E-state index is 12.2. The van der Waals surface area contributed by atoms with Crippen LogP contribution in [-0.4, -0.2) is 19.6 Å². The van der Waals surface area contributed by atoms with Gasteiger partial charge in [-0.15, -0.1) is 5.10 Å². The van der Waals surface area contributed by atoms with E-state index in [-0.39, 0.29) is 4.87 Å². The Hall–Kier alpha value is -1.43. The molecule has 0 bridgehead atoms. The molecule has 0 unspecified atom stereocenters. The Morgan fingerprint density at radius 1 is 1.32 bits per heavy atom. The van der Waals surface area contributed by atoms with Crippen molar-refractivity contribution in [3.05, 3.63) is 32.1 Å². The summed E-state index contributed by atoms with van der Waals surface area (Å²) in [7, 11) is 0. The number of hydrogen-bond donors (Lipinski definition) is 0. The summed E-state index contributed by atoms with van der Waals surface area (Å²) in [6, 6.07) is 0. The number of aromatic nitrogens is 4. The molecule has 0 saturated heterocycles. The summed E-state index contributed by atoms with van der Waals surface area (Å²) < 4.78 is 3.78. The molecule has 0 saturated carbocycles. The molecule has 2 heterocycles. The third-order valence-corrected chi connectivity index (χ3v) is 4.79. The molecule has 5 nitrogen and oxygen atoms in total. The van der Waals surface area contributed by atoms with E-state index in [1.54, 1.807) is 6.20 Å². The van der Waals surface area contributed by atoms with Crippen LogP contribution in [0.5, 0.6) is 0 Å². The van der Waals surface area contributed by atoms with Gasteiger partial charge in [-0.3, -0.25) is 9.36 Å². The molecule has 102 valence electrons. The van der Waals surface area contributed by atoms with Crippen molar-refractivity contribution in [3.8, 4) is 0 Å². The second kappa shape index (κ2) is 5.28. The van der Waals surface area contributed by atoms with Gasteiger partial charge >= 0.3 is 4.87 Å². The third kappa shape index (κ3) is 2.36. The molecule has 6 heteroatoms. The average molecular weight is 278 g/mol. The summed E-state index contributed by atoms with van der Waals surface area (Å²) in [4.78, 5) is 13.6. The highest BCUT2D eigenvalue weighted by Crippen LogP contribution is 2.23. The Kier molecular flexibility index (Phi) is 3.50. The number of fused-ring (bicyclic) bond motifs is 1. The van der Waals surface area contributed by atoms with E-state index in [0.29, 0.717) is 6.54 Å². The van der Waals surface area contributed by atoms with Crippen LogP contribution in [0.3, 0.4) is 0 Å². The SMILES string of the molecule is CCn1nncc1Cn1c2c(sc1=O)CCCCC2. The summed E-state index contributed by atoms with van der Waals surface area (Å²) in [5.41, 5.74) is 2.26. The largest absolute Gasteiger partial charge is 0.307 e. The lowest BCUT2D eigenvalue weighted by atomic mass is 10.2. The van der Waals surface area contributed by atoms with Crippen LogP contribution in [0, 0.1) is 0 Å². The summed E-state index contributed by atoms with van der Waals surface area (Å²) in [5.74, 6) is 0. The van der Waals surface area contributed by atoms with Gasteiger partial charge in [-0.1, -0.05) is 23.0 Å². The Morgan fingerprint density at radius 3 is 3.00 bits per heavy atom. The van der Waals surface area contributed by atoms with Crippen LogP contribution in [0.15, 0.2) is 11.0 Å². The van der Waals surface area contributed by atoms with Crippen molar-refractivity contribution >= 4 is 11.3 Å². The Morgan fingerprint density at radius 2 is 2.16 bits per heavy atom. The van der Waals surface area contributed by atoms with Crippen LogP contribution in [0.2, 0.25) is 0 Å². The molecule has 0 spiro atoms. The molecule has 1 aliphatic carbocycles. The smallest absolute Gasteiger partial charge is 0.297 e. The van der Waals surface area contributed by atoms with Gasteiger partial charge in [0.1, 0.15) is 0 Å². The van der Waals surface area contributed by atoms with Crippen molar-refractivity contribution in [1.82, 2.24) is 19.6 Å². The Bertz CT molecular complexity index is 625.